The van der Waals surface area contributed by atoms with Crippen LogP contribution in [0.2, 0.25) is 13.3 Å². The Morgan fingerprint density at radius 1 is 0.488 bits per heavy atom. The van der Waals surface area contributed by atoms with Gasteiger partial charge < -0.3 is 27.6 Å². The Labute approximate surface area is 565 Å². The molecule has 3 N–H and O–H groups in total. The maximum Gasteiger partial charge on any atom is 1.00 e. The Morgan fingerprint density at radius 2 is 0.698 bits per heavy atom. The summed E-state index contributed by atoms with van der Waals surface area (Å²) in [6.45, 7) is 24.0. The first-order valence-corrected chi connectivity index (χ1v) is 44.0. The smallest absolute Gasteiger partial charge is 1.00 e. The number of hydrogen-bond acceptors (Lipinski definition) is 7. The fraction of sp³-hybridized carbons (Fsp3) is 0.319. The normalized spacial score (nSPS) is 9.70. The van der Waals surface area contributed by atoms with Crippen molar-refractivity contribution in [3.63, 3.8) is 0 Å². The van der Waals surface area contributed by atoms with Crippen LogP contribution in [-0.2, 0) is 0 Å². The fourth-order valence-electron chi connectivity index (χ4n) is 8.96. The molecule has 0 aromatic heterocycles. The Morgan fingerprint density at radius 3 is 0.919 bits per heavy atom. The van der Waals surface area contributed by atoms with Crippen LogP contribution in [0.4, 0.5) is 22.7 Å². The number of nitrogen functional groups attached to an aromatic ring is 1. The van der Waals surface area contributed by atoms with Crippen molar-refractivity contribution in [1.29, 1.82) is 5.26 Å². The summed E-state index contributed by atoms with van der Waals surface area (Å²) in [6, 6.07) is 67.1. The van der Waals surface area contributed by atoms with Gasteiger partial charge in [0.25, 0.3) is 5.69 Å². The third kappa shape index (κ3) is 31.4. The van der Waals surface area contributed by atoms with Gasteiger partial charge in [-0.2, -0.15) is 0 Å². The van der Waals surface area contributed by atoms with E-state index in [0.717, 1.165) is 16.8 Å². The van der Waals surface area contributed by atoms with Gasteiger partial charge in [-0.15, -0.1) is 0 Å². The van der Waals surface area contributed by atoms with Gasteiger partial charge in [-0.05, 0) is 97.5 Å². The molecule has 0 heterocycles. The minimum absolute atomic E-state index is 0. The number of nitro benzene ring substituents is 1. The van der Waals surface area contributed by atoms with Gasteiger partial charge in [0.15, 0.2) is 0 Å². The molecule has 451 valence electrons. The molecule has 0 saturated heterocycles. The second-order valence-electron chi connectivity index (χ2n) is 20.5. The Hall–Kier alpha value is -4.75. The van der Waals surface area contributed by atoms with Crippen LogP contribution in [0.15, 0.2) is 194 Å². The molecule has 0 saturated carbocycles. The van der Waals surface area contributed by atoms with Gasteiger partial charge in [-0.25, -0.2) is 0 Å². The van der Waals surface area contributed by atoms with Gasteiger partial charge in [0.2, 0.25) is 0 Å². The number of halogens is 2. The van der Waals surface area contributed by atoms with Crippen molar-refractivity contribution in [3.05, 3.63) is 228 Å². The molecule has 0 aliphatic carbocycles. The van der Waals surface area contributed by atoms with E-state index in [1.165, 1.54) is 112 Å². The summed E-state index contributed by atoms with van der Waals surface area (Å²) >= 11 is -3.12. The van der Waals surface area contributed by atoms with E-state index in [1.807, 2.05) is 69.3 Å². The minimum Gasteiger partial charge on any atom is 1.00 e. The predicted molar refractivity (Wildman–Crippen MR) is 378 cm³/mol. The van der Waals surface area contributed by atoms with E-state index in [0.29, 0.717) is 0 Å². The van der Waals surface area contributed by atoms with Crippen molar-refractivity contribution in [3.8, 4) is 44.5 Å². The second-order valence-corrected chi connectivity index (χ2v) is 37.9. The van der Waals surface area contributed by atoms with Crippen LogP contribution in [0.5, 0.6) is 0 Å². The number of nitro groups is 1. The standard InChI is InChI=1S/C15H17N.C14H14N.C13H11NO2.C13H13N.3C4H9.C2H6O.C2H6.CN.B.2ClH.Na.2Sn/c1-12-4-6-13(7-5-12)14-8-10-15(11-9-14)16(2)3;1-15(2)14-10-8-13(9-11-14)12-6-4-3-5-7-12;1-10-2-4-11(5-3-10)12-6-8-13(9-7-12)14(15)16;1-10-2-4-11(5-3-10)12-6-8-13(14)9-7-12;3*1-3-4-2;1-2-3;2*1-2;;;;;;/h4-11H,1-3H3;4-11H,1-2H3;2-9H,1H3;2-9H,14H2,1H3;3*1,3-4H2,2H3;3H,2H2,1H3;1-2H3;;;2*1H;;;/q;;;;;;;;;-1;;;;+1;;+2/p-2. The SMILES string of the molecule is CC.CCC[CH2][Sn]([CH2]CCC)([CH2]CCC)[c]1ccc(-c2ccc(N(C)C)cc2)cc1.CCO.Cc1ccc(-c2ccc(N(C)C)cc2)cc1.Cc1ccc(-c2ccc(N)cc2)cc1.Cc1ccc(-c2ccc([N+](=O)[O-])cc2)cc1.[B].[C-]#N.[Cl][Sn][Cl].[Na+]. The van der Waals surface area contributed by atoms with Gasteiger partial charge in [0, 0.05) is 52.6 Å². The van der Waals surface area contributed by atoms with E-state index in [-0.39, 0.29) is 55.2 Å². The monoisotopic (exact) mass is 1420 g/mol. The topological polar surface area (TPSA) is 120 Å². The molecule has 8 nitrogen and oxygen atoms in total. The molecule has 0 aliphatic heterocycles. The third-order valence-corrected chi connectivity index (χ3v) is 29.4. The first-order chi connectivity index (χ1) is 40.5. The van der Waals surface area contributed by atoms with Gasteiger partial charge >= 0.3 is 245 Å². The Kier molecular flexibility index (Phi) is 47.6. The zero-order valence-electron chi connectivity index (χ0n) is 54.0. The summed E-state index contributed by atoms with van der Waals surface area (Å²) in [6.07, 6.45) is 8.31. The van der Waals surface area contributed by atoms with Gasteiger partial charge in [0.1, 0.15) is 0 Å². The summed E-state index contributed by atoms with van der Waals surface area (Å²) < 4.78 is 6.41. The number of hydrogen-bond donors (Lipinski definition) is 2. The number of nitrogens with zero attached hydrogens (tertiary/aromatic N) is 4. The van der Waals surface area contributed by atoms with Gasteiger partial charge in [-0.1, -0.05) is 128 Å². The van der Waals surface area contributed by atoms with E-state index >= 15 is 0 Å². The van der Waals surface area contributed by atoms with Crippen LogP contribution >= 0.6 is 17.8 Å². The number of rotatable bonds is 17. The van der Waals surface area contributed by atoms with Crippen molar-refractivity contribution < 1.29 is 39.6 Å². The van der Waals surface area contributed by atoms with E-state index in [4.69, 9.17) is 40.5 Å². The molecule has 8 rings (SSSR count). The summed E-state index contributed by atoms with van der Waals surface area (Å²) in [7, 11) is 18.2. The maximum atomic E-state index is 10.5. The molecule has 0 unspecified atom stereocenters. The molecular weight excluding hydrogens is 1320 g/mol. The molecule has 0 spiro atoms. The van der Waals surface area contributed by atoms with Crippen LogP contribution in [0.3, 0.4) is 0 Å². The van der Waals surface area contributed by atoms with Gasteiger partial charge in [0.05, 0.1) is 4.92 Å². The summed E-state index contributed by atoms with van der Waals surface area (Å²) in [5, 5.41) is 24.3. The molecule has 0 bridgehead atoms. The van der Waals surface area contributed by atoms with Gasteiger partial charge in [-0.3, -0.25) is 10.1 Å². The number of unbranched alkanes of at least 4 members (excludes halogenated alkanes) is 3. The van der Waals surface area contributed by atoms with Crippen molar-refractivity contribution in [2.24, 2.45) is 0 Å². The number of non-ortho nitro benzene ring substituents is 1. The van der Waals surface area contributed by atoms with E-state index < -0.39 is 37.3 Å². The quantitative estimate of drug-likeness (QED) is 0.0306. The average Bonchev–Trinajstić information content (AvgIpc) is 2.32. The van der Waals surface area contributed by atoms with Crippen LogP contribution in [0.1, 0.15) is 96.8 Å². The van der Waals surface area contributed by atoms with Crippen molar-refractivity contribution in [1.82, 2.24) is 0 Å². The molecule has 0 atom stereocenters. The molecule has 0 fully saturated rings. The minimum atomic E-state index is -2.29. The predicted octanol–water partition coefficient (Wildman–Crippen LogP) is 16.8. The molecular formula is C72H94BCl2N5NaO3Sn2. The summed E-state index contributed by atoms with van der Waals surface area (Å²) in [5.41, 5.74) is 22.6. The fourth-order valence-corrected chi connectivity index (χ4v) is 24.9. The zero-order chi connectivity index (χ0) is 62.9. The van der Waals surface area contributed by atoms with Crippen LogP contribution < -0.4 is 48.7 Å². The number of aliphatic hydroxyl groups excluding tert-OH is 1. The van der Waals surface area contributed by atoms with Crippen molar-refractivity contribution >= 4 is 89.9 Å². The number of anilines is 3. The number of aryl methyl sites for hydroxylation is 3. The largest absolute Gasteiger partial charge is 1.00 e. The molecule has 86 heavy (non-hydrogen) atoms. The molecule has 0 amide bonds. The Balaban J connectivity index is 0. The van der Waals surface area contributed by atoms with E-state index in [2.05, 4.69) is 194 Å². The third-order valence-electron chi connectivity index (χ3n) is 13.8. The first-order valence-electron chi connectivity index (χ1n) is 29.2. The maximum absolute atomic E-state index is 10.5. The van der Waals surface area contributed by atoms with E-state index in [9.17, 15) is 10.1 Å². The number of benzene rings is 8. The second kappa shape index (κ2) is 49.2. The molecule has 8 aromatic rings. The zero-order valence-corrected chi connectivity index (χ0v) is 63.2. The van der Waals surface area contributed by atoms with Crippen molar-refractivity contribution in [2.45, 2.75) is 114 Å². The summed E-state index contributed by atoms with van der Waals surface area (Å²) in [5.74, 6) is 0. The molecule has 14 heteroatoms. The van der Waals surface area contributed by atoms with Crippen molar-refractivity contribution in [2.75, 3.05) is 50.3 Å². The average molecular weight is 1420 g/mol. The van der Waals surface area contributed by atoms with Crippen LogP contribution in [-0.4, -0.2) is 90.5 Å². The molecule has 0 aliphatic rings. The summed E-state index contributed by atoms with van der Waals surface area (Å²) in [4.78, 5) is 14.4. The van der Waals surface area contributed by atoms with Crippen LogP contribution in [0.25, 0.3) is 44.5 Å². The number of aliphatic hydroxyl groups is 1. The first kappa shape index (κ1) is 83.3. The number of nitrogens with two attached hydrogens (primary N) is 1. The molecule has 8 aromatic carbocycles. The molecule has 5 radical (unpaired) electrons. The van der Waals surface area contributed by atoms with E-state index in [1.54, 1.807) is 35.9 Å². The Bertz CT molecular complexity index is 2910. The van der Waals surface area contributed by atoms with Crippen LogP contribution in [0, 0.1) is 42.7 Å².